The van der Waals surface area contributed by atoms with Gasteiger partial charge in [-0.25, -0.2) is 0 Å². The first-order valence-electron chi connectivity index (χ1n) is 10.2. The number of benzene rings is 1. The van der Waals surface area contributed by atoms with Gasteiger partial charge in [-0.1, -0.05) is 25.1 Å². The molecule has 2 aromatic rings. The van der Waals surface area contributed by atoms with Gasteiger partial charge in [0.25, 0.3) is 5.91 Å². The van der Waals surface area contributed by atoms with Gasteiger partial charge in [-0.05, 0) is 55.9 Å². The van der Waals surface area contributed by atoms with Crippen molar-refractivity contribution in [3.8, 4) is 0 Å². The Morgan fingerprint density at radius 2 is 2.14 bits per heavy atom. The minimum Gasteiger partial charge on any atom is -0.376 e. The zero-order valence-electron chi connectivity index (χ0n) is 17.4. The number of piperidine rings is 1. The SMILES string of the molecule is Cc1ccc(C(=O)N2CCCC(OCCc3noc(CC(C)C)n3)C2)cc1C. The maximum Gasteiger partial charge on any atom is 0.253 e. The lowest BCUT2D eigenvalue weighted by atomic mass is 10.0. The molecule has 0 aliphatic carbocycles. The molecule has 1 aromatic carbocycles. The fourth-order valence-corrected chi connectivity index (χ4v) is 3.46. The maximum atomic E-state index is 12.8. The van der Waals surface area contributed by atoms with Crippen LogP contribution in [0.25, 0.3) is 0 Å². The van der Waals surface area contributed by atoms with E-state index in [-0.39, 0.29) is 12.0 Å². The van der Waals surface area contributed by atoms with Crippen molar-refractivity contribution >= 4 is 5.91 Å². The van der Waals surface area contributed by atoms with E-state index < -0.39 is 0 Å². The molecule has 3 rings (SSSR count). The molecule has 6 heteroatoms. The van der Waals surface area contributed by atoms with Crippen molar-refractivity contribution in [1.82, 2.24) is 15.0 Å². The highest BCUT2D eigenvalue weighted by atomic mass is 16.5. The molecule has 0 saturated carbocycles. The monoisotopic (exact) mass is 385 g/mol. The number of aromatic nitrogens is 2. The quantitative estimate of drug-likeness (QED) is 0.726. The number of ether oxygens (including phenoxy) is 1. The second kappa shape index (κ2) is 9.32. The number of carbonyl (C=O) groups is 1. The first-order chi connectivity index (χ1) is 13.4. The van der Waals surface area contributed by atoms with Crippen LogP contribution in [-0.2, 0) is 17.6 Å². The van der Waals surface area contributed by atoms with E-state index >= 15 is 0 Å². The van der Waals surface area contributed by atoms with E-state index in [0.29, 0.717) is 37.2 Å². The minimum atomic E-state index is 0.0614. The van der Waals surface area contributed by atoms with Gasteiger partial charge in [0.05, 0.1) is 12.7 Å². The van der Waals surface area contributed by atoms with E-state index in [1.165, 1.54) is 5.56 Å². The van der Waals surface area contributed by atoms with Crippen molar-refractivity contribution in [2.75, 3.05) is 19.7 Å². The first-order valence-corrected chi connectivity index (χ1v) is 10.2. The summed E-state index contributed by atoms with van der Waals surface area (Å²) < 4.78 is 11.3. The summed E-state index contributed by atoms with van der Waals surface area (Å²) in [5.41, 5.74) is 3.11. The first kappa shape index (κ1) is 20.5. The molecule has 1 aliphatic rings. The summed E-state index contributed by atoms with van der Waals surface area (Å²) in [6.45, 7) is 10.3. The number of nitrogens with zero attached hydrogens (tertiary/aromatic N) is 3. The van der Waals surface area contributed by atoms with Crippen molar-refractivity contribution in [3.63, 3.8) is 0 Å². The Balaban J connectivity index is 1.48. The van der Waals surface area contributed by atoms with Crippen LogP contribution in [0.1, 0.15) is 59.9 Å². The lowest BCUT2D eigenvalue weighted by molar-refractivity contribution is 0.00251. The van der Waals surface area contributed by atoms with Gasteiger partial charge >= 0.3 is 0 Å². The topological polar surface area (TPSA) is 68.5 Å². The van der Waals surface area contributed by atoms with Crippen molar-refractivity contribution in [2.24, 2.45) is 5.92 Å². The third-order valence-corrected chi connectivity index (χ3v) is 5.19. The van der Waals surface area contributed by atoms with E-state index in [9.17, 15) is 4.79 Å². The summed E-state index contributed by atoms with van der Waals surface area (Å²) in [5, 5.41) is 4.02. The van der Waals surface area contributed by atoms with Crippen molar-refractivity contribution in [2.45, 2.75) is 59.5 Å². The fraction of sp³-hybridized carbons (Fsp3) is 0.591. The van der Waals surface area contributed by atoms with Crippen molar-refractivity contribution in [3.05, 3.63) is 46.6 Å². The lowest BCUT2D eigenvalue weighted by Crippen LogP contribution is -2.43. The average Bonchev–Trinajstić information content (AvgIpc) is 3.10. The largest absolute Gasteiger partial charge is 0.376 e. The van der Waals surface area contributed by atoms with Crippen LogP contribution < -0.4 is 0 Å². The number of aryl methyl sites for hydroxylation is 2. The Hall–Kier alpha value is -2.21. The van der Waals surface area contributed by atoms with E-state index in [1.54, 1.807) is 0 Å². The van der Waals surface area contributed by atoms with E-state index in [4.69, 9.17) is 9.26 Å². The molecule has 1 aliphatic heterocycles. The summed E-state index contributed by atoms with van der Waals surface area (Å²) in [6, 6.07) is 5.91. The zero-order chi connectivity index (χ0) is 20.1. The molecule has 1 fully saturated rings. The normalized spacial score (nSPS) is 17.3. The molecule has 1 saturated heterocycles. The molecule has 1 aromatic heterocycles. The van der Waals surface area contributed by atoms with Crippen LogP contribution in [0.2, 0.25) is 0 Å². The minimum absolute atomic E-state index is 0.0614. The second-order valence-corrected chi connectivity index (χ2v) is 8.14. The van der Waals surface area contributed by atoms with Crippen LogP contribution in [0.4, 0.5) is 0 Å². The highest BCUT2D eigenvalue weighted by molar-refractivity contribution is 5.94. The number of carbonyl (C=O) groups excluding carboxylic acids is 1. The Bertz CT molecular complexity index is 800. The predicted molar refractivity (Wildman–Crippen MR) is 107 cm³/mol. The third-order valence-electron chi connectivity index (χ3n) is 5.19. The molecule has 1 unspecified atom stereocenters. The summed E-state index contributed by atoms with van der Waals surface area (Å²) in [7, 11) is 0. The predicted octanol–water partition coefficient (Wildman–Crippen LogP) is 3.75. The van der Waals surface area contributed by atoms with Gasteiger partial charge in [0.1, 0.15) is 0 Å². The standard InChI is InChI=1S/C22H31N3O3/c1-15(2)12-21-23-20(24-28-21)9-11-27-19-6-5-10-25(14-19)22(26)18-8-7-16(3)17(4)13-18/h7-8,13,15,19H,5-6,9-12,14H2,1-4H3. The van der Waals surface area contributed by atoms with Crippen LogP contribution in [0.5, 0.6) is 0 Å². The van der Waals surface area contributed by atoms with Gasteiger partial charge < -0.3 is 14.2 Å². The van der Waals surface area contributed by atoms with Gasteiger partial charge in [0, 0.05) is 31.5 Å². The number of rotatable bonds is 7. The summed E-state index contributed by atoms with van der Waals surface area (Å²) in [4.78, 5) is 19.2. The molecule has 0 spiro atoms. The fourth-order valence-electron chi connectivity index (χ4n) is 3.46. The molecule has 6 nitrogen and oxygen atoms in total. The highest BCUT2D eigenvalue weighted by Crippen LogP contribution is 2.18. The molecule has 2 heterocycles. The second-order valence-electron chi connectivity index (χ2n) is 8.14. The van der Waals surface area contributed by atoms with Crippen molar-refractivity contribution < 1.29 is 14.1 Å². The van der Waals surface area contributed by atoms with Crippen LogP contribution in [0.15, 0.2) is 22.7 Å². The average molecular weight is 386 g/mol. The van der Waals surface area contributed by atoms with E-state index in [0.717, 1.165) is 36.9 Å². The van der Waals surface area contributed by atoms with Crippen LogP contribution in [-0.4, -0.2) is 46.7 Å². The van der Waals surface area contributed by atoms with Crippen LogP contribution >= 0.6 is 0 Å². The van der Waals surface area contributed by atoms with Gasteiger partial charge in [-0.3, -0.25) is 4.79 Å². The smallest absolute Gasteiger partial charge is 0.253 e. The highest BCUT2D eigenvalue weighted by Gasteiger charge is 2.25. The van der Waals surface area contributed by atoms with Gasteiger partial charge in [-0.2, -0.15) is 4.98 Å². The molecule has 1 amide bonds. The van der Waals surface area contributed by atoms with Gasteiger partial charge in [0.2, 0.25) is 5.89 Å². The summed E-state index contributed by atoms with van der Waals surface area (Å²) in [6.07, 6.45) is 3.42. The lowest BCUT2D eigenvalue weighted by Gasteiger charge is -2.32. The van der Waals surface area contributed by atoms with Crippen LogP contribution in [0, 0.1) is 19.8 Å². The Labute approximate surface area is 167 Å². The van der Waals surface area contributed by atoms with Crippen LogP contribution in [0.3, 0.4) is 0 Å². The molecule has 0 N–H and O–H groups in total. The summed E-state index contributed by atoms with van der Waals surface area (Å²) in [5.74, 6) is 1.96. The summed E-state index contributed by atoms with van der Waals surface area (Å²) >= 11 is 0. The zero-order valence-corrected chi connectivity index (χ0v) is 17.4. The number of hydrogen-bond acceptors (Lipinski definition) is 5. The van der Waals surface area contributed by atoms with E-state index in [1.807, 2.05) is 30.0 Å². The molecule has 0 radical (unpaired) electrons. The van der Waals surface area contributed by atoms with Gasteiger partial charge in [0.15, 0.2) is 5.82 Å². The molecular formula is C22H31N3O3. The Morgan fingerprint density at radius 1 is 1.32 bits per heavy atom. The molecular weight excluding hydrogens is 354 g/mol. The molecule has 28 heavy (non-hydrogen) atoms. The molecule has 0 bridgehead atoms. The molecule has 152 valence electrons. The third kappa shape index (κ3) is 5.41. The molecule has 1 atom stereocenters. The Morgan fingerprint density at radius 3 is 2.89 bits per heavy atom. The number of amides is 1. The number of hydrogen-bond donors (Lipinski definition) is 0. The van der Waals surface area contributed by atoms with Crippen molar-refractivity contribution in [1.29, 1.82) is 0 Å². The maximum absolute atomic E-state index is 12.8. The Kier molecular flexibility index (Phi) is 6.83. The van der Waals surface area contributed by atoms with Gasteiger partial charge in [-0.15, -0.1) is 0 Å². The number of likely N-dealkylation sites (tertiary alicyclic amines) is 1. The van der Waals surface area contributed by atoms with E-state index in [2.05, 4.69) is 30.9 Å².